The van der Waals surface area contributed by atoms with Crippen LogP contribution < -0.4 is 4.74 Å². The molecule has 1 heterocycles. The molecule has 114 valence electrons. The van der Waals surface area contributed by atoms with Crippen LogP contribution in [0.25, 0.3) is 6.08 Å². The number of hydrogen-bond acceptors (Lipinski definition) is 3. The second kappa shape index (κ2) is 5.60. The van der Waals surface area contributed by atoms with Gasteiger partial charge in [-0.2, -0.15) is 13.2 Å². The van der Waals surface area contributed by atoms with E-state index in [0.717, 1.165) is 6.08 Å². The van der Waals surface area contributed by atoms with Crippen molar-refractivity contribution in [1.82, 2.24) is 0 Å². The molecule has 1 aromatic carbocycles. The summed E-state index contributed by atoms with van der Waals surface area (Å²) < 4.78 is 49.0. The number of esters is 1. The maximum atomic E-state index is 13.1. The van der Waals surface area contributed by atoms with Crippen LogP contribution in [0.15, 0.2) is 17.7 Å². The average molecular weight is 321 g/mol. The van der Waals surface area contributed by atoms with E-state index in [4.69, 9.17) is 16.3 Å². The van der Waals surface area contributed by atoms with E-state index in [2.05, 4.69) is 4.74 Å². The summed E-state index contributed by atoms with van der Waals surface area (Å²) in [4.78, 5) is 11.7. The summed E-state index contributed by atoms with van der Waals surface area (Å²) in [6.07, 6.45) is -5.94. The Hall–Kier alpha value is -1.69. The van der Waals surface area contributed by atoms with Crippen molar-refractivity contribution in [2.75, 3.05) is 6.61 Å². The molecule has 0 bridgehead atoms. The number of halogens is 4. The number of benzene rings is 1. The maximum Gasteiger partial charge on any atom is 0.430 e. The van der Waals surface area contributed by atoms with E-state index >= 15 is 0 Å². The highest BCUT2D eigenvalue weighted by Gasteiger charge is 2.49. The Morgan fingerprint density at radius 2 is 2.10 bits per heavy atom. The maximum absolute atomic E-state index is 13.1. The van der Waals surface area contributed by atoms with Crippen molar-refractivity contribution in [3.63, 3.8) is 0 Å². The molecule has 1 aromatic rings. The van der Waals surface area contributed by atoms with E-state index in [1.807, 2.05) is 0 Å². The van der Waals surface area contributed by atoms with Crippen molar-refractivity contribution in [2.24, 2.45) is 0 Å². The third kappa shape index (κ3) is 3.15. The number of alkyl halides is 3. The lowest BCUT2D eigenvalue weighted by Crippen LogP contribution is -2.41. The molecular formula is C14H12ClF3O3. The second-order valence-electron chi connectivity index (χ2n) is 4.50. The van der Waals surface area contributed by atoms with Crippen LogP contribution >= 0.6 is 11.6 Å². The molecule has 0 aromatic heterocycles. The topological polar surface area (TPSA) is 35.5 Å². The van der Waals surface area contributed by atoms with Crippen molar-refractivity contribution in [1.29, 1.82) is 0 Å². The first-order valence-corrected chi connectivity index (χ1v) is 6.54. The largest absolute Gasteiger partial charge is 0.475 e. The fourth-order valence-electron chi connectivity index (χ4n) is 2.07. The van der Waals surface area contributed by atoms with Crippen molar-refractivity contribution < 1.29 is 27.4 Å². The fraction of sp³-hybridized carbons (Fsp3) is 0.357. The number of rotatable bonds is 2. The highest BCUT2D eigenvalue weighted by Crippen LogP contribution is 2.40. The molecule has 0 spiro atoms. The molecule has 1 atom stereocenters. The lowest BCUT2D eigenvalue weighted by atomic mass is 9.99. The van der Waals surface area contributed by atoms with Crippen LogP contribution in [0, 0.1) is 6.92 Å². The van der Waals surface area contributed by atoms with E-state index in [1.165, 1.54) is 19.1 Å². The van der Waals surface area contributed by atoms with E-state index < -0.39 is 23.8 Å². The SMILES string of the molecule is CCOC(=O)C1=Cc2cc(Cl)cc(C)c2O[C@@H]1C(F)(F)F. The summed E-state index contributed by atoms with van der Waals surface area (Å²) >= 11 is 5.87. The van der Waals surface area contributed by atoms with Crippen LogP contribution in [-0.4, -0.2) is 24.9 Å². The molecule has 0 N–H and O–H groups in total. The minimum atomic E-state index is -4.72. The third-order valence-corrected chi connectivity index (χ3v) is 3.12. The van der Waals surface area contributed by atoms with Gasteiger partial charge in [0, 0.05) is 10.6 Å². The van der Waals surface area contributed by atoms with Crippen LogP contribution in [-0.2, 0) is 9.53 Å². The molecular weight excluding hydrogens is 309 g/mol. The molecule has 0 unspecified atom stereocenters. The lowest BCUT2D eigenvalue weighted by Gasteiger charge is -2.28. The van der Waals surface area contributed by atoms with Gasteiger partial charge in [0.05, 0.1) is 12.2 Å². The second-order valence-corrected chi connectivity index (χ2v) is 4.94. The van der Waals surface area contributed by atoms with Gasteiger partial charge in [-0.15, -0.1) is 0 Å². The Labute approximate surface area is 124 Å². The predicted molar refractivity (Wildman–Crippen MR) is 71.3 cm³/mol. The van der Waals surface area contributed by atoms with Gasteiger partial charge in [0.25, 0.3) is 0 Å². The number of carbonyl (C=O) groups is 1. The molecule has 0 saturated carbocycles. The van der Waals surface area contributed by atoms with Gasteiger partial charge >= 0.3 is 12.1 Å². The lowest BCUT2D eigenvalue weighted by molar-refractivity contribution is -0.188. The Morgan fingerprint density at radius 1 is 1.43 bits per heavy atom. The predicted octanol–water partition coefficient (Wildman–Crippen LogP) is 3.92. The molecule has 7 heteroatoms. The van der Waals surface area contributed by atoms with E-state index in [-0.39, 0.29) is 12.4 Å². The zero-order valence-electron chi connectivity index (χ0n) is 11.3. The van der Waals surface area contributed by atoms with Crippen molar-refractivity contribution in [3.8, 4) is 5.75 Å². The zero-order valence-corrected chi connectivity index (χ0v) is 12.0. The zero-order chi connectivity index (χ0) is 15.8. The minimum Gasteiger partial charge on any atom is -0.475 e. The number of carbonyl (C=O) groups excluding carboxylic acids is 1. The Morgan fingerprint density at radius 3 is 2.67 bits per heavy atom. The molecule has 0 amide bonds. The van der Waals surface area contributed by atoms with Crippen molar-refractivity contribution >= 4 is 23.6 Å². The molecule has 0 saturated heterocycles. The third-order valence-electron chi connectivity index (χ3n) is 2.91. The Bertz CT molecular complexity index is 608. The van der Waals surface area contributed by atoms with Crippen LogP contribution in [0.4, 0.5) is 13.2 Å². The Balaban J connectivity index is 2.55. The highest BCUT2D eigenvalue weighted by atomic mass is 35.5. The van der Waals surface area contributed by atoms with Gasteiger partial charge in [-0.25, -0.2) is 4.79 Å². The molecule has 0 radical (unpaired) electrons. The van der Waals surface area contributed by atoms with Crippen molar-refractivity contribution in [2.45, 2.75) is 26.1 Å². The molecule has 3 nitrogen and oxygen atoms in total. The van der Waals surface area contributed by atoms with E-state index in [0.29, 0.717) is 16.1 Å². The molecule has 1 aliphatic rings. The average Bonchev–Trinajstić information content (AvgIpc) is 2.36. The summed E-state index contributed by atoms with van der Waals surface area (Å²) in [5, 5.41) is 0.347. The summed E-state index contributed by atoms with van der Waals surface area (Å²) in [6, 6.07) is 2.94. The first-order chi connectivity index (χ1) is 9.74. The molecule has 0 fully saturated rings. The Kier molecular flexibility index (Phi) is 4.18. The first kappa shape index (κ1) is 15.7. The van der Waals surface area contributed by atoms with Gasteiger partial charge < -0.3 is 9.47 Å². The highest BCUT2D eigenvalue weighted by molar-refractivity contribution is 6.30. The normalized spacial score (nSPS) is 17.6. The number of ether oxygens (including phenoxy) is 2. The summed E-state index contributed by atoms with van der Waals surface area (Å²) in [7, 11) is 0. The minimum absolute atomic E-state index is 0.0256. The van der Waals surface area contributed by atoms with E-state index in [1.54, 1.807) is 6.92 Å². The number of hydrogen-bond donors (Lipinski definition) is 0. The monoisotopic (exact) mass is 320 g/mol. The summed E-state index contributed by atoms with van der Waals surface area (Å²) in [6.45, 7) is 3.07. The molecule has 0 aliphatic carbocycles. The van der Waals surface area contributed by atoms with Crippen molar-refractivity contribution in [3.05, 3.63) is 33.9 Å². The number of fused-ring (bicyclic) bond motifs is 1. The van der Waals surface area contributed by atoms with E-state index in [9.17, 15) is 18.0 Å². The fourth-order valence-corrected chi connectivity index (χ4v) is 2.35. The van der Waals surface area contributed by atoms with Gasteiger partial charge in [-0.1, -0.05) is 11.6 Å². The molecule has 2 rings (SSSR count). The smallest absolute Gasteiger partial charge is 0.430 e. The van der Waals surface area contributed by atoms with Crippen LogP contribution in [0.1, 0.15) is 18.1 Å². The summed E-state index contributed by atoms with van der Waals surface area (Å²) in [5.74, 6) is -0.988. The van der Waals surface area contributed by atoms with Crippen LogP contribution in [0.5, 0.6) is 5.75 Å². The molecule has 1 aliphatic heterocycles. The van der Waals surface area contributed by atoms with Crippen LogP contribution in [0.3, 0.4) is 0 Å². The standard InChI is InChI=1S/C14H12ClF3O3/c1-3-20-13(19)10-6-8-5-9(15)4-7(2)11(8)21-12(10)14(16,17)18/h4-6,12H,3H2,1-2H3/t12-/m0/s1. The van der Waals surface area contributed by atoms with Crippen LogP contribution in [0.2, 0.25) is 5.02 Å². The number of aryl methyl sites for hydroxylation is 1. The van der Waals surface area contributed by atoms with Gasteiger partial charge in [0.1, 0.15) is 5.75 Å². The quantitative estimate of drug-likeness (QED) is 0.775. The van der Waals surface area contributed by atoms with Gasteiger partial charge in [0.15, 0.2) is 0 Å². The summed E-state index contributed by atoms with van der Waals surface area (Å²) in [5.41, 5.74) is 0.202. The first-order valence-electron chi connectivity index (χ1n) is 6.16. The van der Waals surface area contributed by atoms with Gasteiger partial charge in [-0.05, 0) is 37.6 Å². The van der Waals surface area contributed by atoms with Gasteiger partial charge in [-0.3, -0.25) is 0 Å². The molecule has 21 heavy (non-hydrogen) atoms. The van der Waals surface area contributed by atoms with Gasteiger partial charge in [0.2, 0.25) is 6.10 Å².